The van der Waals surface area contributed by atoms with E-state index < -0.39 is 0 Å². The molecule has 0 radical (unpaired) electrons. The highest BCUT2D eigenvalue weighted by atomic mass is 79.9. The average molecular weight is 264 g/mol. The molecule has 0 heterocycles. The highest BCUT2D eigenvalue weighted by Crippen LogP contribution is 2.44. The fraction of sp³-hybridized carbons (Fsp3) is 0.462. The van der Waals surface area contributed by atoms with E-state index in [-0.39, 0.29) is 5.41 Å². The second-order valence-corrected chi connectivity index (χ2v) is 5.30. The molecule has 1 nitrogen and oxygen atoms in total. The molecule has 0 amide bonds. The third kappa shape index (κ3) is 1.59. The molecule has 0 aliphatic heterocycles. The van der Waals surface area contributed by atoms with Crippen molar-refractivity contribution in [1.29, 1.82) is 5.26 Å². The van der Waals surface area contributed by atoms with Crippen LogP contribution < -0.4 is 0 Å². The predicted octanol–water partition coefficient (Wildman–Crippen LogP) is 4.01. The van der Waals surface area contributed by atoms with Gasteiger partial charge in [-0.05, 0) is 55.9 Å². The molecular formula is C13H14BrN. The quantitative estimate of drug-likeness (QED) is 0.751. The lowest BCUT2D eigenvalue weighted by molar-refractivity contribution is 0.324. The summed E-state index contributed by atoms with van der Waals surface area (Å²) in [6.07, 6.45) is 3.20. The van der Waals surface area contributed by atoms with E-state index >= 15 is 0 Å². The Labute approximate surface area is 99.2 Å². The van der Waals surface area contributed by atoms with Crippen LogP contribution in [0.3, 0.4) is 0 Å². The van der Waals surface area contributed by atoms with Crippen molar-refractivity contribution in [3.63, 3.8) is 0 Å². The topological polar surface area (TPSA) is 23.8 Å². The van der Waals surface area contributed by atoms with E-state index in [0.29, 0.717) is 0 Å². The van der Waals surface area contributed by atoms with Crippen LogP contribution in [-0.2, 0) is 5.41 Å². The van der Waals surface area contributed by atoms with Crippen LogP contribution in [0.5, 0.6) is 0 Å². The Balaban J connectivity index is 2.51. The molecule has 0 spiro atoms. The van der Waals surface area contributed by atoms with Gasteiger partial charge >= 0.3 is 0 Å². The smallest absolute Gasteiger partial charge is 0.0822 e. The van der Waals surface area contributed by atoms with Crippen LogP contribution in [0.2, 0.25) is 0 Å². The highest BCUT2D eigenvalue weighted by molar-refractivity contribution is 9.10. The molecule has 1 fully saturated rings. The van der Waals surface area contributed by atoms with Crippen molar-refractivity contribution in [2.75, 3.05) is 0 Å². The fourth-order valence-corrected chi connectivity index (χ4v) is 2.65. The van der Waals surface area contributed by atoms with Crippen LogP contribution in [0.1, 0.15) is 36.0 Å². The second-order valence-electron chi connectivity index (χ2n) is 4.45. The number of benzene rings is 1. The zero-order valence-electron chi connectivity index (χ0n) is 9.10. The Morgan fingerprint density at radius 1 is 1.33 bits per heavy atom. The number of nitriles is 1. The summed E-state index contributed by atoms with van der Waals surface area (Å²) in [6, 6.07) is 6.77. The maximum atomic E-state index is 9.28. The highest BCUT2D eigenvalue weighted by Gasteiger charge is 2.39. The summed E-state index contributed by atoms with van der Waals surface area (Å²) in [4.78, 5) is 0. The molecule has 0 N–H and O–H groups in total. The molecule has 0 atom stereocenters. The SMILES string of the molecule is Cc1cc(C2(C#N)CCC2)cc(Br)c1C. The Bertz CT molecular complexity index is 415. The van der Waals surface area contributed by atoms with E-state index in [1.165, 1.54) is 23.1 Å². The zero-order valence-corrected chi connectivity index (χ0v) is 10.7. The lowest BCUT2D eigenvalue weighted by Gasteiger charge is -2.36. The van der Waals surface area contributed by atoms with Crippen molar-refractivity contribution in [2.45, 2.75) is 38.5 Å². The summed E-state index contributed by atoms with van der Waals surface area (Å²) in [5.74, 6) is 0. The molecule has 1 aliphatic carbocycles. The van der Waals surface area contributed by atoms with Gasteiger partial charge in [-0.15, -0.1) is 0 Å². The Hall–Kier alpha value is -0.810. The third-order valence-electron chi connectivity index (χ3n) is 3.58. The van der Waals surface area contributed by atoms with Gasteiger partial charge < -0.3 is 0 Å². The van der Waals surface area contributed by atoms with Gasteiger partial charge in [-0.2, -0.15) is 5.26 Å². The van der Waals surface area contributed by atoms with Crippen LogP contribution in [-0.4, -0.2) is 0 Å². The van der Waals surface area contributed by atoms with Crippen molar-refractivity contribution in [3.8, 4) is 6.07 Å². The van der Waals surface area contributed by atoms with Crippen LogP contribution in [0.25, 0.3) is 0 Å². The molecule has 0 bridgehead atoms. The van der Waals surface area contributed by atoms with Gasteiger partial charge in [0.1, 0.15) is 0 Å². The zero-order chi connectivity index (χ0) is 11.1. The van der Waals surface area contributed by atoms with E-state index in [4.69, 9.17) is 0 Å². The molecule has 78 valence electrons. The Morgan fingerprint density at radius 3 is 2.40 bits per heavy atom. The maximum Gasteiger partial charge on any atom is 0.0822 e. The first-order valence-electron chi connectivity index (χ1n) is 5.27. The van der Waals surface area contributed by atoms with Crippen molar-refractivity contribution >= 4 is 15.9 Å². The fourth-order valence-electron chi connectivity index (χ4n) is 2.09. The molecule has 1 aromatic rings. The van der Waals surface area contributed by atoms with E-state index in [1.54, 1.807) is 0 Å². The van der Waals surface area contributed by atoms with E-state index in [9.17, 15) is 5.26 Å². The maximum absolute atomic E-state index is 9.28. The van der Waals surface area contributed by atoms with Crippen molar-refractivity contribution in [3.05, 3.63) is 33.3 Å². The lowest BCUT2D eigenvalue weighted by atomic mass is 9.65. The molecule has 1 aromatic carbocycles. The van der Waals surface area contributed by atoms with Crippen LogP contribution in [0, 0.1) is 25.2 Å². The molecule has 0 unspecified atom stereocenters. The van der Waals surface area contributed by atoms with Crippen LogP contribution in [0.4, 0.5) is 0 Å². The minimum Gasteiger partial charge on any atom is -0.197 e. The van der Waals surface area contributed by atoms with Gasteiger partial charge in [0.2, 0.25) is 0 Å². The van der Waals surface area contributed by atoms with Gasteiger partial charge in [0.15, 0.2) is 0 Å². The summed E-state index contributed by atoms with van der Waals surface area (Å²) >= 11 is 3.56. The molecule has 0 aromatic heterocycles. The van der Waals surface area contributed by atoms with Gasteiger partial charge in [0, 0.05) is 4.47 Å². The van der Waals surface area contributed by atoms with Crippen molar-refractivity contribution < 1.29 is 0 Å². The summed E-state index contributed by atoms with van der Waals surface area (Å²) in [7, 11) is 0. The van der Waals surface area contributed by atoms with Crippen molar-refractivity contribution in [1.82, 2.24) is 0 Å². The summed E-state index contributed by atoms with van der Waals surface area (Å²) in [6.45, 7) is 4.20. The van der Waals surface area contributed by atoms with E-state index in [1.807, 2.05) is 0 Å². The van der Waals surface area contributed by atoms with Crippen molar-refractivity contribution in [2.24, 2.45) is 0 Å². The van der Waals surface area contributed by atoms with Gasteiger partial charge in [-0.3, -0.25) is 0 Å². The van der Waals surface area contributed by atoms with Crippen LogP contribution in [0.15, 0.2) is 16.6 Å². The molecular weight excluding hydrogens is 250 g/mol. The Kier molecular flexibility index (Phi) is 2.60. The number of aryl methyl sites for hydroxylation is 1. The van der Waals surface area contributed by atoms with E-state index in [0.717, 1.165) is 17.3 Å². The first-order chi connectivity index (χ1) is 7.09. The van der Waals surface area contributed by atoms with E-state index in [2.05, 4.69) is 48.0 Å². The van der Waals surface area contributed by atoms with Gasteiger partial charge in [0.05, 0.1) is 11.5 Å². The minimum atomic E-state index is -0.193. The molecule has 2 heteroatoms. The molecule has 0 saturated heterocycles. The molecule has 15 heavy (non-hydrogen) atoms. The Morgan fingerprint density at radius 2 is 2.00 bits per heavy atom. The normalized spacial score (nSPS) is 18.0. The second kappa shape index (κ2) is 3.64. The number of nitrogens with zero attached hydrogens (tertiary/aromatic N) is 1. The molecule has 1 saturated carbocycles. The molecule has 1 aliphatic rings. The van der Waals surface area contributed by atoms with Gasteiger partial charge in [-0.1, -0.05) is 22.0 Å². The standard InChI is InChI=1S/C13H14BrN/c1-9-6-11(7-12(14)10(9)2)13(8-15)4-3-5-13/h6-7H,3-5H2,1-2H3. The summed E-state index contributed by atoms with van der Waals surface area (Å²) < 4.78 is 1.12. The van der Waals surface area contributed by atoms with Crippen LogP contribution >= 0.6 is 15.9 Å². The van der Waals surface area contributed by atoms with Gasteiger partial charge in [-0.25, -0.2) is 0 Å². The monoisotopic (exact) mass is 263 g/mol. The summed E-state index contributed by atoms with van der Waals surface area (Å²) in [5.41, 5.74) is 3.53. The number of halogens is 1. The first-order valence-corrected chi connectivity index (χ1v) is 6.07. The lowest BCUT2D eigenvalue weighted by Crippen LogP contribution is -2.32. The number of hydrogen-bond donors (Lipinski definition) is 0. The third-order valence-corrected chi connectivity index (χ3v) is 4.40. The predicted molar refractivity (Wildman–Crippen MR) is 64.8 cm³/mol. The number of rotatable bonds is 1. The first kappa shape index (κ1) is 10.7. The minimum absolute atomic E-state index is 0.193. The largest absolute Gasteiger partial charge is 0.197 e. The van der Waals surface area contributed by atoms with Gasteiger partial charge in [0.25, 0.3) is 0 Å². The number of hydrogen-bond acceptors (Lipinski definition) is 1. The molecule has 2 rings (SSSR count). The summed E-state index contributed by atoms with van der Waals surface area (Å²) in [5, 5.41) is 9.28. The average Bonchev–Trinajstić information content (AvgIpc) is 2.13.